The summed E-state index contributed by atoms with van der Waals surface area (Å²) in [4.78, 5) is 14.6. The number of carbonyl (C=O) groups excluding carboxylic acids is 1. The molecular weight excluding hydrogens is 304 g/mol. The van der Waals surface area contributed by atoms with Crippen LogP contribution >= 0.6 is 0 Å². The lowest BCUT2D eigenvalue weighted by molar-refractivity contribution is -0.129. The quantitative estimate of drug-likeness (QED) is 0.868. The number of hydrogen-bond donors (Lipinski definition) is 1. The first-order chi connectivity index (χ1) is 11.7. The maximum atomic E-state index is 12.4. The molecule has 3 rings (SSSR count). The van der Waals surface area contributed by atoms with Crippen LogP contribution in [0.25, 0.3) is 0 Å². The first-order valence-electron chi connectivity index (χ1n) is 8.37. The Bertz CT molecular complexity index is 630. The highest BCUT2D eigenvalue weighted by Gasteiger charge is 2.28. The number of nitrogens with one attached hydrogen (secondary N) is 1. The topological polar surface area (TPSA) is 59.4 Å². The van der Waals surface area contributed by atoms with E-state index in [0.717, 1.165) is 18.7 Å². The van der Waals surface area contributed by atoms with E-state index in [4.69, 9.17) is 4.74 Å². The third-order valence-electron chi connectivity index (χ3n) is 4.36. The molecule has 1 amide bonds. The monoisotopic (exact) mass is 328 g/mol. The van der Waals surface area contributed by atoms with Gasteiger partial charge in [0.2, 0.25) is 5.91 Å². The zero-order chi connectivity index (χ0) is 16.8. The third kappa shape index (κ3) is 4.43. The highest BCUT2D eigenvalue weighted by atomic mass is 16.5. The Labute approximate surface area is 142 Å². The van der Waals surface area contributed by atoms with E-state index in [1.807, 2.05) is 54.2 Å². The van der Waals surface area contributed by atoms with Crippen molar-refractivity contribution in [2.24, 2.45) is 0 Å². The van der Waals surface area contributed by atoms with Crippen molar-refractivity contribution in [1.82, 2.24) is 20.0 Å². The molecule has 1 aliphatic heterocycles. The van der Waals surface area contributed by atoms with Crippen LogP contribution in [-0.4, -0.2) is 52.4 Å². The SMILES string of the molecule is C[C@@H](C(=O)NCc1ccccc1)N1CCO[C@H](Cn2cccn2)C1. The fraction of sp³-hybridized carbons (Fsp3) is 0.444. The van der Waals surface area contributed by atoms with Crippen molar-refractivity contribution in [2.75, 3.05) is 19.7 Å². The zero-order valence-corrected chi connectivity index (χ0v) is 14.0. The van der Waals surface area contributed by atoms with Crippen LogP contribution in [0.2, 0.25) is 0 Å². The molecule has 1 saturated heterocycles. The molecule has 2 heterocycles. The number of nitrogens with zero attached hydrogens (tertiary/aromatic N) is 3. The van der Waals surface area contributed by atoms with Crippen LogP contribution in [0.1, 0.15) is 12.5 Å². The predicted octanol–water partition coefficient (Wildman–Crippen LogP) is 1.29. The highest BCUT2D eigenvalue weighted by Crippen LogP contribution is 2.11. The number of aromatic nitrogens is 2. The summed E-state index contributed by atoms with van der Waals surface area (Å²) in [5, 5.41) is 7.23. The minimum Gasteiger partial charge on any atom is -0.374 e. The Morgan fingerprint density at radius 3 is 2.96 bits per heavy atom. The van der Waals surface area contributed by atoms with Crippen LogP contribution in [0.5, 0.6) is 0 Å². The van der Waals surface area contributed by atoms with Crippen LogP contribution in [0.15, 0.2) is 48.8 Å². The summed E-state index contributed by atoms with van der Waals surface area (Å²) in [6.07, 6.45) is 3.75. The van der Waals surface area contributed by atoms with E-state index in [0.29, 0.717) is 19.7 Å². The van der Waals surface area contributed by atoms with Gasteiger partial charge in [-0.3, -0.25) is 14.4 Å². The Balaban J connectivity index is 1.49. The van der Waals surface area contributed by atoms with Crippen molar-refractivity contribution in [1.29, 1.82) is 0 Å². The Morgan fingerprint density at radius 1 is 1.38 bits per heavy atom. The highest BCUT2D eigenvalue weighted by molar-refractivity contribution is 5.81. The lowest BCUT2D eigenvalue weighted by Crippen LogP contribution is -2.52. The van der Waals surface area contributed by atoms with Gasteiger partial charge >= 0.3 is 0 Å². The van der Waals surface area contributed by atoms with Crippen LogP contribution in [0, 0.1) is 0 Å². The fourth-order valence-electron chi connectivity index (χ4n) is 2.92. The molecule has 2 atom stereocenters. The van der Waals surface area contributed by atoms with Gasteiger partial charge in [-0.2, -0.15) is 5.10 Å². The molecule has 1 aromatic carbocycles. The van der Waals surface area contributed by atoms with Crippen molar-refractivity contribution in [3.63, 3.8) is 0 Å². The van der Waals surface area contributed by atoms with Gasteiger partial charge in [0, 0.05) is 32.0 Å². The summed E-state index contributed by atoms with van der Waals surface area (Å²) in [5.41, 5.74) is 1.11. The van der Waals surface area contributed by atoms with E-state index in [1.54, 1.807) is 6.20 Å². The molecule has 128 valence electrons. The molecule has 0 aliphatic carbocycles. The number of amides is 1. The summed E-state index contributed by atoms with van der Waals surface area (Å²) in [6.45, 7) is 5.38. The number of hydrogen-bond acceptors (Lipinski definition) is 4. The number of carbonyl (C=O) groups is 1. The second kappa shape index (κ2) is 8.08. The summed E-state index contributed by atoms with van der Waals surface area (Å²) >= 11 is 0. The maximum Gasteiger partial charge on any atom is 0.237 e. The van der Waals surface area contributed by atoms with Crippen molar-refractivity contribution in [2.45, 2.75) is 32.2 Å². The van der Waals surface area contributed by atoms with Gasteiger partial charge in [-0.1, -0.05) is 30.3 Å². The van der Waals surface area contributed by atoms with E-state index in [1.165, 1.54) is 0 Å². The van der Waals surface area contributed by atoms with E-state index >= 15 is 0 Å². The first-order valence-corrected chi connectivity index (χ1v) is 8.37. The Morgan fingerprint density at radius 2 is 2.21 bits per heavy atom. The summed E-state index contributed by atoms with van der Waals surface area (Å²) in [7, 11) is 0. The fourth-order valence-corrected chi connectivity index (χ4v) is 2.92. The lowest BCUT2D eigenvalue weighted by atomic mass is 10.2. The van der Waals surface area contributed by atoms with Crippen molar-refractivity contribution in [3.05, 3.63) is 54.4 Å². The van der Waals surface area contributed by atoms with Gasteiger partial charge < -0.3 is 10.1 Å². The minimum atomic E-state index is -0.169. The maximum absolute atomic E-state index is 12.4. The van der Waals surface area contributed by atoms with Crippen LogP contribution < -0.4 is 5.32 Å². The molecule has 1 N–H and O–H groups in total. The van der Waals surface area contributed by atoms with Gasteiger partial charge in [0.15, 0.2) is 0 Å². The Kier molecular flexibility index (Phi) is 5.61. The van der Waals surface area contributed by atoms with Gasteiger partial charge in [0.1, 0.15) is 0 Å². The summed E-state index contributed by atoms with van der Waals surface area (Å²) in [5.74, 6) is 0.0543. The molecule has 6 heteroatoms. The number of morpholine rings is 1. The van der Waals surface area contributed by atoms with Crippen LogP contribution in [0.3, 0.4) is 0 Å². The average molecular weight is 328 g/mol. The molecule has 6 nitrogen and oxygen atoms in total. The van der Waals surface area contributed by atoms with E-state index in [2.05, 4.69) is 15.3 Å². The second-order valence-electron chi connectivity index (χ2n) is 6.10. The molecule has 0 bridgehead atoms. The second-order valence-corrected chi connectivity index (χ2v) is 6.10. The largest absolute Gasteiger partial charge is 0.374 e. The molecule has 1 aromatic heterocycles. The van der Waals surface area contributed by atoms with Gasteiger partial charge in [0.05, 0.1) is 25.3 Å². The summed E-state index contributed by atoms with van der Waals surface area (Å²) in [6, 6.07) is 11.7. The molecular formula is C18H24N4O2. The molecule has 2 aromatic rings. The van der Waals surface area contributed by atoms with E-state index in [-0.39, 0.29) is 18.1 Å². The van der Waals surface area contributed by atoms with Crippen LogP contribution in [0.4, 0.5) is 0 Å². The normalized spacial score (nSPS) is 19.8. The standard InChI is InChI=1S/C18H24N4O2/c1-15(18(23)19-12-16-6-3-2-4-7-16)21-10-11-24-17(13-21)14-22-9-5-8-20-22/h2-9,15,17H,10-14H2,1H3,(H,19,23)/t15-,17-/m0/s1. The molecule has 0 spiro atoms. The first kappa shape index (κ1) is 16.7. The summed E-state index contributed by atoms with van der Waals surface area (Å²) < 4.78 is 7.68. The minimum absolute atomic E-state index is 0.0543. The van der Waals surface area contributed by atoms with E-state index < -0.39 is 0 Å². The molecule has 1 aliphatic rings. The molecule has 0 radical (unpaired) electrons. The lowest BCUT2D eigenvalue weighted by Gasteiger charge is -2.36. The third-order valence-corrected chi connectivity index (χ3v) is 4.36. The smallest absolute Gasteiger partial charge is 0.237 e. The molecule has 24 heavy (non-hydrogen) atoms. The van der Waals surface area contributed by atoms with Gasteiger partial charge in [-0.25, -0.2) is 0 Å². The van der Waals surface area contributed by atoms with Gasteiger partial charge in [-0.05, 0) is 18.6 Å². The van der Waals surface area contributed by atoms with Crippen molar-refractivity contribution in [3.8, 4) is 0 Å². The van der Waals surface area contributed by atoms with Crippen molar-refractivity contribution < 1.29 is 9.53 Å². The predicted molar refractivity (Wildman–Crippen MR) is 91.3 cm³/mol. The average Bonchev–Trinajstić information content (AvgIpc) is 3.13. The molecule has 1 fully saturated rings. The van der Waals surface area contributed by atoms with Gasteiger partial charge in [-0.15, -0.1) is 0 Å². The Hall–Kier alpha value is -2.18. The number of ether oxygens (including phenoxy) is 1. The molecule has 0 unspecified atom stereocenters. The number of rotatable bonds is 6. The van der Waals surface area contributed by atoms with Crippen molar-refractivity contribution >= 4 is 5.91 Å². The molecule has 0 saturated carbocycles. The van der Waals surface area contributed by atoms with Gasteiger partial charge in [0.25, 0.3) is 0 Å². The van der Waals surface area contributed by atoms with Crippen LogP contribution in [-0.2, 0) is 22.6 Å². The zero-order valence-electron chi connectivity index (χ0n) is 14.0. The number of benzene rings is 1. The van der Waals surface area contributed by atoms with E-state index in [9.17, 15) is 4.79 Å².